The monoisotopic (exact) mass is 247 g/mol. The fourth-order valence-corrected chi connectivity index (χ4v) is 2.05. The van der Waals surface area contributed by atoms with Gasteiger partial charge >= 0.3 is 6.30 Å². The van der Waals surface area contributed by atoms with Crippen molar-refractivity contribution in [1.82, 2.24) is 0 Å². The molecule has 0 atom stereocenters. The highest BCUT2D eigenvalue weighted by Gasteiger charge is 2.46. The van der Waals surface area contributed by atoms with Crippen LogP contribution in [0, 0.1) is 0 Å². The molecule has 0 spiro atoms. The van der Waals surface area contributed by atoms with Gasteiger partial charge in [0.2, 0.25) is 0 Å². The number of anilines is 1. The normalized spacial score (nSPS) is 16.2. The lowest BCUT2D eigenvalue weighted by Crippen LogP contribution is -2.39. The van der Waals surface area contributed by atoms with E-state index in [2.05, 4.69) is 0 Å². The highest BCUT2D eigenvalue weighted by Crippen LogP contribution is 2.39. The van der Waals surface area contributed by atoms with E-state index < -0.39 is 6.30 Å². The van der Waals surface area contributed by atoms with Crippen molar-refractivity contribution in [2.45, 2.75) is 30.1 Å². The maximum Gasteiger partial charge on any atom is 0.485 e. The Bertz CT molecular complexity index is 356. The number of alkyl halides is 3. The molecule has 2 rings (SSSR count). The molecule has 1 aliphatic carbocycles. The molecule has 16 heavy (non-hydrogen) atoms. The standard InChI is InChI=1S/C11H12F3NS/c1-16-10-6-4-9(5-7-10)15(8-2-3-8)11(12,13)14/h4-8H,2-3H2,1H3. The van der Waals surface area contributed by atoms with Gasteiger partial charge in [0.1, 0.15) is 0 Å². The van der Waals surface area contributed by atoms with Gasteiger partial charge in [-0.3, -0.25) is 4.90 Å². The number of hydrogen-bond donors (Lipinski definition) is 0. The van der Waals surface area contributed by atoms with E-state index in [-0.39, 0.29) is 11.7 Å². The molecule has 0 bridgehead atoms. The zero-order valence-corrected chi connectivity index (χ0v) is 9.61. The molecule has 88 valence electrons. The predicted molar refractivity (Wildman–Crippen MR) is 59.8 cm³/mol. The van der Waals surface area contributed by atoms with Crippen molar-refractivity contribution in [3.05, 3.63) is 24.3 Å². The summed E-state index contributed by atoms with van der Waals surface area (Å²) in [6.45, 7) is 0. The molecule has 0 aromatic heterocycles. The molecule has 0 amide bonds. The Hall–Kier alpha value is -0.840. The highest BCUT2D eigenvalue weighted by atomic mass is 32.2. The first-order valence-corrected chi connectivity index (χ1v) is 6.25. The van der Waals surface area contributed by atoms with Crippen molar-refractivity contribution in [3.8, 4) is 0 Å². The number of thioether (sulfide) groups is 1. The van der Waals surface area contributed by atoms with Gasteiger partial charge in [-0.15, -0.1) is 11.8 Å². The Balaban J connectivity index is 2.25. The molecule has 0 N–H and O–H groups in total. The molecule has 0 saturated heterocycles. The van der Waals surface area contributed by atoms with E-state index in [4.69, 9.17) is 0 Å². The third-order valence-electron chi connectivity index (χ3n) is 2.54. The predicted octanol–water partition coefficient (Wildman–Crippen LogP) is 3.90. The first-order chi connectivity index (χ1) is 7.52. The van der Waals surface area contributed by atoms with Crippen LogP contribution in [0.3, 0.4) is 0 Å². The third kappa shape index (κ3) is 2.45. The number of nitrogens with zero attached hydrogens (tertiary/aromatic N) is 1. The molecular formula is C11H12F3NS. The largest absolute Gasteiger partial charge is 0.485 e. The van der Waals surface area contributed by atoms with Crippen molar-refractivity contribution < 1.29 is 13.2 Å². The molecule has 1 aromatic rings. The van der Waals surface area contributed by atoms with Crippen LogP contribution in [0.15, 0.2) is 29.2 Å². The van der Waals surface area contributed by atoms with Crippen LogP contribution < -0.4 is 4.90 Å². The van der Waals surface area contributed by atoms with Crippen LogP contribution >= 0.6 is 11.8 Å². The molecule has 1 aliphatic rings. The maximum absolute atomic E-state index is 12.8. The summed E-state index contributed by atoms with van der Waals surface area (Å²) < 4.78 is 38.4. The lowest BCUT2D eigenvalue weighted by molar-refractivity contribution is -0.130. The van der Waals surface area contributed by atoms with E-state index >= 15 is 0 Å². The summed E-state index contributed by atoms with van der Waals surface area (Å²) in [7, 11) is 0. The van der Waals surface area contributed by atoms with Crippen LogP contribution in [-0.4, -0.2) is 18.6 Å². The molecule has 1 aromatic carbocycles. The maximum atomic E-state index is 12.8. The zero-order chi connectivity index (χ0) is 11.8. The van der Waals surface area contributed by atoms with Crippen molar-refractivity contribution in [2.24, 2.45) is 0 Å². The average Bonchev–Trinajstić information content (AvgIpc) is 3.01. The van der Waals surface area contributed by atoms with Gasteiger partial charge < -0.3 is 0 Å². The van der Waals surface area contributed by atoms with Gasteiger partial charge in [0.05, 0.1) is 0 Å². The van der Waals surface area contributed by atoms with Crippen LogP contribution in [0.2, 0.25) is 0 Å². The van der Waals surface area contributed by atoms with Gasteiger partial charge in [0, 0.05) is 16.6 Å². The molecule has 0 unspecified atom stereocenters. The van der Waals surface area contributed by atoms with Crippen molar-refractivity contribution in [2.75, 3.05) is 11.2 Å². The fourth-order valence-electron chi connectivity index (χ4n) is 1.64. The molecule has 1 fully saturated rings. The number of hydrogen-bond acceptors (Lipinski definition) is 2. The average molecular weight is 247 g/mol. The summed E-state index contributed by atoms with van der Waals surface area (Å²) in [6, 6.07) is 6.16. The first kappa shape index (κ1) is 11.6. The van der Waals surface area contributed by atoms with E-state index in [0.29, 0.717) is 17.7 Å². The van der Waals surface area contributed by atoms with Crippen LogP contribution in [0.5, 0.6) is 0 Å². The van der Waals surface area contributed by atoms with E-state index in [1.165, 1.54) is 23.9 Å². The third-order valence-corrected chi connectivity index (χ3v) is 3.28. The van der Waals surface area contributed by atoms with Gasteiger partial charge in [0.15, 0.2) is 0 Å². The highest BCUT2D eigenvalue weighted by molar-refractivity contribution is 7.98. The second kappa shape index (κ2) is 4.20. The lowest BCUT2D eigenvalue weighted by atomic mass is 10.3. The second-order valence-corrected chi connectivity index (χ2v) is 4.65. The van der Waals surface area contributed by atoms with Gasteiger partial charge in [-0.05, 0) is 43.4 Å². The van der Waals surface area contributed by atoms with E-state index in [9.17, 15) is 13.2 Å². The van der Waals surface area contributed by atoms with Gasteiger partial charge in [-0.25, -0.2) is 0 Å². The van der Waals surface area contributed by atoms with Crippen LogP contribution in [-0.2, 0) is 0 Å². The molecule has 1 saturated carbocycles. The number of benzene rings is 1. The Kier molecular flexibility index (Phi) is 3.06. The molecule has 1 nitrogen and oxygen atoms in total. The van der Waals surface area contributed by atoms with Crippen LogP contribution in [0.25, 0.3) is 0 Å². The topological polar surface area (TPSA) is 3.24 Å². The summed E-state index contributed by atoms with van der Waals surface area (Å²) in [4.78, 5) is 1.54. The van der Waals surface area contributed by atoms with E-state index in [0.717, 1.165) is 4.90 Å². The van der Waals surface area contributed by atoms with Crippen molar-refractivity contribution >= 4 is 17.4 Å². The molecule has 0 radical (unpaired) electrons. The minimum Gasteiger partial charge on any atom is -0.281 e. The Morgan fingerprint density at radius 3 is 2.12 bits per heavy atom. The quantitative estimate of drug-likeness (QED) is 0.588. The van der Waals surface area contributed by atoms with Crippen molar-refractivity contribution in [3.63, 3.8) is 0 Å². The van der Waals surface area contributed by atoms with Crippen LogP contribution in [0.4, 0.5) is 18.9 Å². The second-order valence-electron chi connectivity index (χ2n) is 3.77. The first-order valence-electron chi connectivity index (χ1n) is 5.02. The van der Waals surface area contributed by atoms with Gasteiger partial charge in [0.25, 0.3) is 0 Å². The van der Waals surface area contributed by atoms with Crippen molar-refractivity contribution in [1.29, 1.82) is 0 Å². The molecule has 0 aliphatic heterocycles. The minimum atomic E-state index is -4.28. The molecular weight excluding hydrogens is 235 g/mol. The zero-order valence-electron chi connectivity index (χ0n) is 8.79. The van der Waals surface area contributed by atoms with Gasteiger partial charge in [-0.2, -0.15) is 13.2 Å². The summed E-state index contributed by atoms with van der Waals surface area (Å²) in [5.74, 6) is 0. The SMILES string of the molecule is CSc1ccc(N(C2CC2)C(F)(F)F)cc1. The van der Waals surface area contributed by atoms with E-state index in [1.807, 2.05) is 6.26 Å². The fraction of sp³-hybridized carbons (Fsp3) is 0.455. The summed E-state index contributed by atoms with van der Waals surface area (Å²) in [5, 5.41) is 0. The molecule has 0 heterocycles. The van der Waals surface area contributed by atoms with Gasteiger partial charge in [-0.1, -0.05) is 0 Å². The van der Waals surface area contributed by atoms with E-state index in [1.54, 1.807) is 12.1 Å². The summed E-state index contributed by atoms with van der Waals surface area (Å²) in [6.07, 6.45) is -1.12. The summed E-state index contributed by atoms with van der Waals surface area (Å²) in [5.41, 5.74) is 0.243. The number of halogens is 3. The Morgan fingerprint density at radius 2 is 1.75 bits per heavy atom. The smallest absolute Gasteiger partial charge is 0.281 e. The molecule has 5 heteroatoms. The summed E-state index contributed by atoms with van der Waals surface area (Å²) >= 11 is 1.52. The van der Waals surface area contributed by atoms with Crippen LogP contribution in [0.1, 0.15) is 12.8 Å². The Morgan fingerprint density at radius 1 is 1.19 bits per heavy atom. The minimum absolute atomic E-state index is 0.243. The Labute approximate surface area is 96.6 Å². The lowest BCUT2D eigenvalue weighted by Gasteiger charge is -2.27. The number of rotatable bonds is 3.